The van der Waals surface area contributed by atoms with E-state index >= 15 is 0 Å². The number of aliphatic carboxylic acids is 1. The molecule has 4 nitrogen and oxygen atoms in total. The maximum atomic E-state index is 14.0. The normalized spacial score (nSPS) is 11.5. The van der Waals surface area contributed by atoms with Crippen molar-refractivity contribution in [1.82, 2.24) is 9.55 Å². The van der Waals surface area contributed by atoms with E-state index in [9.17, 15) is 14.3 Å². The van der Waals surface area contributed by atoms with Crippen molar-refractivity contribution < 1.29 is 14.3 Å². The van der Waals surface area contributed by atoms with Crippen molar-refractivity contribution >= 4 is 50.0 Å². The number of para-hydroxylation sites is 1. The fourth-order valence-corrected chi connectivity index (χ4v) is 4.36. The number of carboxylic acid groups (broad SMARTS) is 1. The standard InChI is InChI=1S/C19H14ClFN2O2S/c1-10-11(7-19(24)25)12-6-14(21)13(20)8-16(12)23(10)9-18-22-15-4-2-3-5-17(15)26-18/h2-6,8H,7,9H2,1H3,(H,24,25). The summed E-state index contributed by atoms with van der Waals surface area (Å²) in [7, 11) is 0. The number of rotatable bonds is 4. The van der Waals surface area contributed by atoms with Gasteiger partial charge in [0.25, 0.3) is 0 Å². The predicted octanol–water partition coefficient (Wildman–Crippen LogP) is 5.03. The van der Waals surface area contributed by atoms with Gasteiger partial charge in [0.15, 0.2) is 0 Å². The van der Waals surface area contributed by atoms with Crippen LogP contribution in [-0.2, 0) is 17.8 Å². The van der Waals surface area contributed by atoms with Crippen molar-refractivity contribution in [2.45, 2.75) is 19.9 Å². The number of halogens is 2. The first-order valence-electron chi connectivity index (χ1n) is 7.97. The van der Waals surface area contributed by atoms with Gasteiger partial charge in [-0.1, -0.05) is 23.7 Å². The molecule has 4 aromatic rings. The summed E-state index contributed by atoms with van der Waals surface area (Å²) in [5.74, 6) is -1.51. The predicted molar refractivity (Wildman–Crippen MR) is 102 cm³/mol. The number of hydrogen-bond acceptors (Lipinski definition) is 3. The molecule has 0 saturated carbocycles. The quantitative estimate of drug-likeness (QED) is 0.533. The van der Waals surface area contributed by atoms with Gasteiger partial charge in [0.1, 0.15) is 10.8 Å². The molecule has 26 heavy (non-hydrogen) atoms. The Morgan fingerprint density at radius 2 is 2.12 bits per heavy atom. The molecule has 0 aliphatic carbocycles. The molecule has 0 bridgehead atoms. The van der Waals surface area contributed by atoms with Gasteiger partial charge in [0.05, 0.1) is 33.7 Å². The molecule has 0 fully saturated rings. The van der Waals surface area contributed by atoms with Gasteiger partial charge in [0, 0.05) is 11.1 Å². The average Bonchev–Trinajstić information content (AvgIpc) is 3.10. The lowest BCUT2D eigenvalue weighted by molar-refractivity contribution is -0.136. The second-order valence-corrected chi connectivity index (χ2v) is 7.60. The Bertz CT molecular complexity index is 1130. The molecule has 7 heteroatoms. The van der Waals surface area contributed by atoms with Crippen molar-refractivity contribution in [1.29, 1.82) is 0 Å². The first kappa shape index (κ1) is 17.0. The van der Waals surface area contributed by atoms with Crippen molar-refractivity contribution in [3.8, 4) is 0 Å². The van der Waals surface area contributed by atoms with E-state index < -0.39 is 11.8 Å². The number of benzene rings is 2. The Morgan fingerprint density at radius 1 is 1.35 bits per heavy atom. The number of hydrogen-bond donors (Lipinski definition) is 1. The summed E-state index contributed by atoms with van der Waals surface area (Å²) in [6.45, 7) is 2.32. The Hall–Kier alpha value is -2.44. The molecule has 0 atom stereocenters. The van der Waals surface area contributed by atoms with Crippen LogP contribution in [0.1, 0.15) is 16.3 Å². The Kier molecular flexibility index (Phi) is 4.17. The fraction of sp³-hybridized carbons (Fsp3) is 0.158. The summed E-state index contributed by atoms with van der Waals surface area (Å²) < 4.78 is 17.0. The molecular weight excluding hydrogens is 375 g/mol. The molecule has 2 heterocycles. The molecule has 0 aliphatic heterocycles. The van der Waals surface area contributed by atoms with Crippen LogP contribution in [0.3, 0.4) is 0 Å². The van der Waals surface area contributed by atoms with Gasteiger partial charge >= 0.3 is 5.97 Å². The second-order valence-electron chi connectivity index (χ2n) is 6.08. The minimum Gasteiger partial charge on any atom is -0.481 e. The smallest absolute Gasteiger partial charge is 0.307 e. The van der Waals surface area contributed by atoms with E-state index in [1.54, 1.807) is 17.4 Å². The molecule has 0 spiro atoms. The lowest BCUT2D eigenvalue weighted by Crippen LogP contribution is -2.04. The van der Waals surface area contributed by atoms with E-state index in [1.807, 2.05) is 35.8 Å². The van der Waals surface area contributed by atoms with Crippen LogP contribution in [0.2, 0.25) is 5.02 Å². The van der Waals surface area contributed by atoms with Crippen LogP contribution in [0.25, 0.3) is 21.1 Å². The SMILES string of the molecule is Cc1c(CC(=O)O)c2cc(F)c(Cl)cc2n1Cc1nc2ccccc2s1. The van der Waals surface area contributed by atoms with Gasteiger partial charge in [-0.15, -0.1) is 11.3 Å². The fourth-order valence-electron chi connectivity index (χ4n) is 3.24. The minimum absolute atomic E-state index is 0.0161. The zero-order valence-corrected chi connectivity index (χ0v) is 15.4. The van der Waals surface area contributed by atoms with Crippen molar-refractivity contribution in [3.05, 3.63) is 63.5 Å². The Labute approximate surface area is 157 Å². The highest BCUT2D eigenvalue weighted by atomic mass is 35.5. The van der Waals surface area contributed by atoms with E-state index in [4.69, 9.17) is 11.6 Å². The summed E-state index contributed by atoms with van der Waals surface area (Å²) in [6.07, 6.45) is -0.170. The number of nitrogens with zero attached hydrogens (tertiary/aromatic N) is 2. The molecule has 0 unspecified atom stereocenters. The number of aromatic nitrogens is 2. The Balaban J connectivity index is 1.89. The molecule has 0 saturated heterocycles. The van der Waals surface area contributed by atoms with Gasteiger partial charge < -0.3 is 9.67 Å². The lowest BCUT2D eigenvalue weighted by Gasteiger charge is -2.06. The number of carboxylic acids is 1. The van der Waals surface area contributed by atoms with Crippen molar-refractivity contribution in [2.75, 3.05) is 0 Å². The van der Waals surface area contributed by atoms with E-state index in [2.05, 4.69) is 4.98 Å². The zero-order chi connectivity index (χ0) is 18.4. The summed E-state index contributed by atoms with van der Waals surface area (Å²) in [5, 5.41) is 10.7. The number of thiazole rings is 1. The average molecular weight is 389 g/mol. The Morgan fingerprint density at radius 3 is 2.85 bits per heavy atom. The summed E-state index contributed by atoms with van der Waals surface area (Å²) >= 11 is 7.56. The van der Waals surface area contributed by atoms with Crippen LogP contribution in [0.15, 0.2) is 36.4 Å². The van der Waals surface area contributed by atoms with Crippen LogP contribution >= 0.6 is 22.9 Å². The maximum Gasteiger partial charge on any atom is 0.307 e. The second kappa shape index (κ2) is 6.37. The summed E-state index contributed by atoms with van der Waals surface area (Å²) in [6, 6.07) is 10.7. The van der Waals surface area contributed by atoms with Crippen molar-refractivity contribution in [2.24, 2.45) is 0 Å². The van der Waals surface area contributed by atoms with Gasteiger partial charge in [-0.2, -0.15) is 0 Å². The molecule has 1 N–H and O–H groups in total. The van der Waals surface area contributed by atoms with Gasteiger partial charge in [-0.05, 0) is 36.8 Å². The highest BCUT2D eigenvalue weighted by molar-refractivity contribution is 7.18. The molecule has 4 rings (SSSR count). The van der Waals surface area contributed by atoms with Crippen LogP contribution < -0.4 is 0 Å². The topological polar surface area (TPSA) is 55.1 Å². The third kappa shape index (κ3) is 2.85. The summed E-state index contributed by atoms with van der Waals surface area (Å²) in [4.78, 5) is 15.9. The first-order chi connectivity index (χ1) is 12.4. The molecule has 0 aliphatic rings. The van der Waals surface area contributed by atoms with E-state index in [0.29, 0.717) is 23.0 Å². The van der Waals surface area contributed by atoms with E-state index in [-0.39, 0.29) is 11.4 Å². The first-order valence-corrected chi connectivity index (χ1v) is 9.16. The van der Waals surface area contributed by atoms with Crippen molar-refractivity contribution in [3.63, 3.8) is 0 Å². The summed E-state index contributed by atoms with van der Waals surface area (Å²) in [5.41, 5.74) is 3.02. The lowest BCUT2D eigenvalue weighted by atomic mass is 10.1. The molecule has 2 aromatic heterocycles. The highest BCUT2D eigenvalue weighted by Gasteiger charge is 2.19. The molecular formula is C19H14ClFN2O2S. The third-order valence-electron chi connectivity index (χ3n) is 4.46. The monoisotopic (exact) mass is 388 g/mol. The minimum atomic E-state index is -0.956. The van der Waals surface area contributed by atoms with Crippen LogP contribution in [0.4, 0.5) is 4.39 Å². The van der Waals surface area contributed by atoms with Gasteiger partial charge in [-0.25, -0.2) is 9.37 Å². The maximum absolute atomic E-state index is 14.0. The number of carbonyl (C=O) groups is 1. The zero-order valence-electron chi connectivity index (χ0n) is 13.8. The van der Waals surface area contributed by atoms with E-state index in [0.717, 1.165) is 20.9 Å². The van der Waals surface area contributed by atoms with Crippen LogP contribution in [0, 0.1) is 12.7 Å². The molecule has 0 amide bonds. The third-order valence-corrected chi connectivity index (χ3v) is 5.77. The molecule has 0 radical (unpaired) electrons. The van der Waals surface area contributed by atoms with E-state index in [1.165, 1.54) is 6.07 Å². The van der Waals surface area contributed by atoms with Gasteiger partial charge in [-0.3, -0.25) is 4.79 Å². The molecule has 2 aromatic carbocycles. The van der Waals surface area contributed by atoms with Crippen LogP contribution in [-0.4, -0.2) is 20.6 Å². The molecule has 132 valence electrons. The largest absolute Gasteiger partial charge is 0.481 e. The van der Waals surface area contributed by atoms with Crippen LogP contribution in [0.5, 0.6) is 0 Å². The highest BCUT2D eigenvalue weighted by Crippen LogP contribution is 2.32. The number of fused-ring (bicyclic) bond motifs is 2. The van der Waals surface area contributed by atoms with Gasteiger partial charge in [0.2, 0.25) is 0 Å².